The van der Waals surface area contributed by atoms with E-state index < -0.39 is 17.7 Å². The number of ketones is 1. The number of methoxy groups -OCH3 is 1. The number of hydrogen-bond donors (Lipinski definition) is 0. The van der Waals surface area contributed by atoms with Crippen LogP contribution in [0.2, 0.25) is 0 Å². The van der Waals surface area contributed by atoms with E-state index in [4.69, 9.17) is 0 Å². The van der Waals surface area contributed by atoms with Crippen molar-refractivity contribution in [1.82, 2.24) is 0 Å². The molecule has 0 radical (unpaired) electrons. The van der Waals surface area contributed by atoms with Crippen molar-refractivity contribution in [1.29, 1.82) is 0 Å². The van der Waals surface area contributed by atoms with Gasteiger partial charge in [-0.05, 0) is 17.7 Å². The van der Waals surface area contributed by atoms with Gasteiger partial charge in [-0.25, -0.2) is 0 Å². The Kier molecular flexibility index (Phi) is 5.09. The van der Waals surface area contributed by atoms with Crippen molar-refractivity contribution in [2.24, 2.45) is 0 Å². The van der Waals surface area contributed by atoms with Gasteiger partial charge < -0.3 is 4.74 Å². The summed E-state index contributed by atoms with van der Waals surface area (Å²) < 4.78 is 41.3. The monoisotopic (exact) mass is 274 g/mol. The largest absolute Gasteiger partial charge is 0.469 e. The first-order valence-corrected chi connectivity index (χ1v) is 5.57. The molecule has 19 heavy (non-hydrogen) atoms. The molecule has 104 valence electrons. The molecular formula is C13H13F3O3. The van der Waals surface area contributed by atoms with Crippen LogP contribution >= 0.6 is 0 Å². The number of esters is 1. The number of hydrogen-bond acceptors (Lipinski definition) is 3. The highest BCUT2D eigenvalue weighted by molar-refractivity contribution is 5.84. The third-order valence-corrected chi connectivity index (χ3v) is 2.52. The summed E-state index contributed by atoms with van der Waals surface area (Å²) in [5.41, 5.74) is -0.263. The summed E-state index contributed by atoms with van der Waals surface area (Å²) in [6, 6.07) is 4.39. The van der Waals surface area contributed by atoms with Crippen molar-refractivity contribution < 1.29 is 27.5 Å². The maximum absolute atomic E-state index is 12.3. The number of carbonyl (C=O) groups excluding carboxylic acids is 2. The van der Waals surface area contributed by atoms with Gasteiger partial charge >= 0.3 is 12.1 Å². The molecule has 0 amide bonds. The Hall–Kier alpha value is -1.85. The summed E-state index contributed by atoms with van der Waals surface area (Å²) in [6.45, 7) is 0. The quantitative estimate of drug-likeness (QED) is 0.775. The molecule has 0 aliphatic rings. The molecule has 0 unspecified atom stereocenters. The van der Waals surface area contributed by atoms with Gasteiger partial charge in [0.05, 0.1) is 19.1 Å². The highest BCUT2D eigenvalue weighted by Crippen LogP contribution is 2.29. The minimum Gasteiger partial charge on any atom is -0.469 e. The molecule has 6 heteroatoms. The molecule has 0 atom stereocenters. The van der Waals surface area contributed by atoms with E-state index in [9.17, 15) is 22.8 Å². The lowest BCUT2D eigenvalue weighted by Crippen LogP contribution is -2.08. The molecule has 1 rings (SSSR count). The predicted molar refractivity (Wildman–Crippen MR) is 61.4 cm³/mol. The molecule has 3 nitrogen and oxygen atoms in total. The maximum atomic E-state index is 12.3. The van der Waals surface area contributed by atoms with Crippen LogP contribution in [0.3, 0.4) is 0 Å². The molecule has 0 bridgehead atoms. The number of alkyl halides is 3. The Balaban J connectivity index is 2.54. The average Bonchev–Trinajstić information content (AvgIpc) is 2.35. The van der Waals surface area contributed by atoms with Gasteiger partial charge in [-0.15, -0.1) is 0 Å². The Morgan fingerprint density at radius 3 is 2.16 bits per heavy atom. The van der Waals surface area contributed by atoms with Gasteiger partial charge in [0.2, 0.25) is 0 Å². The van der Waals surface area contributed by atoms with Crippen LogP contribution in [0.15, 0.2) is 24.3 Å². The van der Waals surface area contributed by atoms with Crippen LogP contribution in [0.4, 0.5) is 13.2 Å². The van der Waals surface area contributed by atoms with Gasteiger partial charge in [-0.1, -0.05) is 12.1 Å². The first kappa shape index (κ1) is 15.2. The normalized spacial score (nSPS) is 11.2. The molecule has 1 aromatic carbocycles. The van der Waals surface area contributed by atoms with Gasteiger partial charge in [0, 0.05) is 12.8 Å². The first-order valence-electron chi connectivity index (χ1n) is 5.57. The molecule has 0 heterocycles. The van der Waals surface area contributed by atoms with Gasteiger partial charge in [0.1, 0.15) is 5.78 Å². The van der Waals surface area contributed by atoms with Crippen molar-refractivity contribution in [3.05, 3.63) is 35.4 Å². The fourth-order valence-corrected chi connectivity index (χ4v) is 1.47. The van der Waals surface area contributed by atoms with Crippen LogP contribution in [0.1, 0.15) is 24.0 Å². The van der Waals surface area contributed by atoms with E-state index in [1.54, 1.807) is 0 Å². The SMILES string of the molecule is COC(=O)CCC(=O)Cc1ccc(C(F)(F)F)cc1. The second-order valence-electron chi connectivity index (χ2n) is 3.99. The number of carbonyl (C=O) groups is 2. The van der Waals surface area contributed by atoms with Crippen molar-refractivity contribution in [3.63, 3.8) is 0 Å². The number of rotatable bonds is 5. The lowest BCUT2D eigenvalue weighted by Gasteiger charge is -2.07. The smallest absolute Gasteiger partial charge is 0.416 e. The second-order valence-corrected chi connectivity index (χ2v) is 3.99. The van der Waals surface area contributed by atoms with E-state index >= 15 is 0 Å². The summed E-state index contributed by atoms with van der Waals surface area (Å²) in [6.07, 6.45) is -4.37. The van der Waals surface area contributed by atoms with Crippen LogP contribution in [0, 0.1) is 0 Å². The number of halogens is 3. The van der Waals surface area contributed by atoms with E-state index in [0.29, 0.717) is 5.56 Å². The van der Waals surface area contributed by atoms with E-state index in [1.807, 2.05) is 0 Å². The second kappa shape index (κ2) is 6.36. The summed E-state index contributed by atoms with van der Waals surface area (Å²) in [4.78, 5) is 22.3. The van der Waals surface area contributed by atoms with Crippen molar-refractivity contribution in [2.75, 3.05) is 7.11 Å². The number of ether oxygens (including phenoxy) is 1. The van der Waals surface area contributed by atoms with Gasteiger partial charge in [0.15, 0.2) is 0 Å². The first-order chi connectivity index (χ1) is 8.82. The Labute approximate surface area is 108 Å². The predicted octanol–water partition coefficient (Wildman–Crippen LogP) is 2.77. The third-order valence-electron chi connectivity index (χ3n) is 2.52. The lowest BCUT2D eigenvalue weighted by molar-refractivity contribution is -0.142. The maximum Gasteiger partial charge on any atom is 0.416 e. The Morgan fingerprint density at radius 1 is 1.11 bits per heavy atom. The molecule has 0 aromatic heterocycles. The molecule has 0 aliphatic carbocycles. The Morgan fingerprint density at radius 2 is 1.68 bits per heavy atom. The molecule has 0 spiro atoms. The van der Waals surface area contributed by atoms with Crippen molar-refractivity contribution >= 4 is 11.8 Å². The zero-order valence-corrected chi connectivity index (χ0v) is 10.3. The van der Waals surface area contributed by atoms with E-state index in [2.05, 4.69) is 4.74 Å². The van der Waals surface area contributed by atoms with E-state index in [1.165, 1.54) is 19.2 Å². The fourth-order valence-electron chi connectivity index (χ4n) is 1.47. The van der Waals surface area contributed by atoms with Crippen LogP contribution in [0.25, 0.3) is 0 Å². The van der Waals surface area contributed by atoms with E-state index in [0.717, 1.165) is 12.1 Å². The number of Topliss-reactive ketones (excluding diaryl/α,β-unsaturated/α-hetero) is 1. The topological polar surface area (TPSA) is 43.4 Å². The highest BCUT2D eigenvalue weighted by atomic mass is 19.4. The molecular weight excluding hydrogens is 261 g/mol. The minimum atomic E-state index is -4.38. The van der Waals surface area contributed by atoms with Crippen LogP contribution in [0.5, 0.6) is 0 Å². The van der Waals surface area contributed by atoms with Gasteiger partial charge in [0.25, 0.3) is 0 Å². The zero-order chi connectivity index (χ0) is 14.5. The fraction of sp³-hybridized carbons (Fsp3) is 0.385. The minimum absolute atomic E-state index is 0.00906. The van der Waals surface area contributed by atoms with Crippen LogP contribution < -0.4 is 0 Å². The molecule has 0 saturated carbocycles. The zero-order valence-electron chi connectivity index (χ0n) is 10.3. The molecule has 0 N–H and O–H groups in total. The van der Waals surface area contributed by atoms with Crippen molar-refractivity contribution in [2.45, 2.75) is 25.4 Å². The standard InChI is InChI=1S/C13H13F3O3/c1-19-12(18)7-6-11(17)8-9-2-4-10(5-3-9)13(14,15)16/h2-5H,6-8H2,1H3. The summed E-state index contributed by atoms with van der Waals surface area (Å²) >= 11 is 0. The number of benzene rings is 1. The average molecular weight is 274 g/mol. The molecule has 1 aromatic rings. The third kappa shape index (κ3) is 5.11. The van der Waals surface area contributed by atoms with E-state index in [-0.39, 0.29) is 25.0 Å². The molecule has 0 saturated heterocycles. The van der Waals surface area contributed by atoms with Crippen molar-refractivity contribution in [3.8, 4) is 0 Å². The summed E-state index contributed by atoms with van der Waals surface area (Å²) in [5, 5.41) is 0. The van der Waals surface area contributed by atoms with Gasteiger partial charge in [-0.3, -0.25) is 9.59 Å². The lowest BCUT2D eigenvalue weighted by atomic mass is 10.0. The van der Waals surface area contributed by atoms with Crippen LogP contribution in [-0.4, -0.2) is 18.9 Å². The van der Waals surface area contributed by atoms with Gasteiger partial charge in [-0.2, -0.15) is 13.2 Å². The molecule has 0 aliphatic heterocycles. The highest BCUT2D eigenvalue weighted by Gasteiger charge is 2.29. The summed E-state index contributed by atoms with van der Waals surface area (Å²) in [5.74, 6) is -0.703. The summed E-state index contributed by atoms with van der Waals surface area (Å²) in [7, 11) is 1.22. The Bertz CT molecular complexity index is 449. The van der Waals surface area contributed by atoms with Crippen LogP contribution in [-0.2, 0) is 26.9 Å². The molecule has 0 fully saturated rings.